The first-order valence-corrected chi connectivity index (χ1v) is 14.6. The summed E-state index contributed by atoms with van der Waals surface area (Å²) >= 11 is 1.40. The van der Waals surface area contributed by atoms with E-state index in [0.717, 1.165) is 16.9 Å². The second-order valence-corrected chi connectivity index (χ2v) is 12.8. The molecule has 0 aliphatic carbocycles. The molecule has 2 heterocycles. The first-order chi connectivity index (χ1) is 20.1. The first-order valence-electron chi connectivity index (χ1n) is 13.7. The van der Waals surface area contributed by atoms with E-state index in [0.29, 0.717) is 23.7 Å². The molecule has 3 aromatic rings. The summed E-state index contributed by atoms with van der Waals surface area (Å²) < 4.78 is 16.9. The standard InChI is InChI=1S/C32H34N2O7S/c1-19(16-26(35)33-27-29(36)34-28(31(37)38)32(2,3)42-30(27)34)40-25-15-14-24(41-23-12-10-22(39-4)11-13-23)18-21(25)17-20-8-6-5-7-9-20/h5-15,18-19,27-28,30H,16-17H2,1-4H3,(H,33,35)(H,37,38)/t19?,27-,28+,30-/m1/s1. The zero-order valence-corrected chi connectivity index (χ0v) is 24.7. The lowest BCUT2D eigenvalue weighted by atomic mass is 9.96. The second-order valence-electron chi connectivity index (χ2n) is 11.0. The summed E-state index contributed by atoms with van der Waals surface area (Å²) in [6, 6.07) is 21.2. The van der Waals surface area contributed by atoms with Crippen molar-refractivity contribution in [3.05, 3.63) is 83.9 Å². The lowest BCUT2D eigenvalue weighted by molar-refractivity contribution is -0.161. The molecule has 1 unspecified atom stereocenters. The van der Waals surface area contributed by atoms with Crippen molar-refractivity contribution in [1.82, 2.24) is 10.2 Å². The number of β-lactam (4-membered cyclic amide) rings is 1. The summed E-state index contributed by atoms with van der Waals surface area (Å²) in [6.45, 7) is 5.41. The number of nitrogens with zero attached hydrogens (tertiary/aromatic N) is 1. The molecule has 2 amide bonds. The number of aliphatic carboxylic acids is 1. The van der Waals surface area contributed by atoms with Crippen molar-refractivity contribution in [2.45, 2.75) is 61.9 Å². The fourth-order valence-corrected chi connectivity index (χ4v) is 6.99. The van der Waals surface area contributed by atoms with E-state index in [9.17, 15) is 19.5 Å². The van der Waals surface area contributed by atoms with Gasteiger partial charge in [-0.3, -0.25) is 9.59 Å². The number of ether oxygens (including phenoxy) is 3. The van der Waals surface area contributed by atoms with Crippen LogP contribution in [0.4, 0.5) is 0 Å². The number of carboxylic acids is 1. The Kier molecular flexibility index (Phi) is 8.36. The van der Waals surface area contributed by atoms with Crippen LogP contribution >= 0.6 is 11.8 Å². The topological polar surface area (TPSA) is 114 Å². The molecular formula is C32H34N2O7S. The molecule has 4 atom stereocenters. The number of amides is 2. The Hall–Kier alpha value is -4.18. The molecule has 0 aromatic heterocycles. The number of carboxylic acid groups (broad SMARTS) is 1. The fraction of sp³-hybridized carbons (Fsp3) is 0.344. The van der Waals surface area contributed by atoms with Crippen LogP contribution < -0.4 is 19.5 Å². The van der Waals surface area contributed by atoms with Crippen LogP contribution in [0, 0.1) is 0 Å². The molecule has 220 valence electrons. The van der Waals surface area contributed by atoms with Crippen LogP contribution in [0.25, 0.3) is 0 Å². The van der Waals surface area contributed by atoms with E-state index in [1.807, 2.05) is 72.8 Å². The SMILES string of the molecule is COc1ccc(Oc2ccc(OC(C)CC(=O)N[C@@H]3C(=O)N4[C@@H]3SC(C)(C)[C@@H]4C(=O)O)c(Cc3ccccc3)c2)cc1. The molecular weight excluding hydrogens is 556 g/mol. The van der Waals surface area contributed by atoms with Gasteiger partial charge < -0.3 is 29.5 Å². The first kappa shape index (κ1) is 29.3. The van der Waals surface area contributed by atoms with Gasteiger partial charge in [0, 0.05) is 16.7 Å². The van der Waals surface area contributed by atoms with Crippen molar-refractivity contribution < 1.29 is 33.7 Å². The Morgan fingerprint density at radius 2 is 1.69 bits per heavy atom. The highest BCUT2D eigenvalue weighted by Crippen LogP contribution is 2.50. The number of rotatable bonds is 11. The Balaban J connectivity index is 1.25. The number of nitrogens with one attached hydrogen (secondary N) is 1. The third-order valence-electron chi connectivity index (χ3n) is 7.36. The predicted molar refractivity (Wildman–Crippen MR) is 159 cm³/mol. The molecule has 2 N–H and O–H groups in total. The zero-order valence-electron chi connectivity index (χ0n) is 23.9. The second kappa shape index (κ2) is 12.0. The summed E-state index contributed by atoms with van der Waals surface area (Å²) in [6.07, 6.45) is 0.140. The van der Waals surface area contributed by atoms with Gasteiger partial charge in [0.05, 0.1) is 13.5 Å². The van der Waals surface area contributed by atoms with Crippen LogP contribution in [-0.2, 0) is 20.8 Å². The summed E-state index contributed by atoms with van der Waals surface area (Å²) in [5.41, 5.74) is 1.99. The highest BCUT2D eigenvalue weighted by atomic mass is 32.2. The summed E-state index contributed by atoms with van der Waals surface area (Å²) in [7, 11) is 1.61. The summed E-state index contributed by atoms with van der Waals surface area (Å²) in [5, 5.41) is 12.0. The van der Waals surface area contributed by atoms with Crippen LogP contribution in [0.15, 0.2) is 72.8 Å². The molecule has 0 radical (unpaired) electrons. The van der Waals surface area contributed by atoms with Gasteiger partial charge in [0.1, 0.15) is 46.6 Å². The van der Waals surface area contributed by atoms with Gasteiger partial charge in [-0.05, 0) is 68.8 Å². The van der Waals surface area contributed by atoms with Crippen molar-refractivity contribution in [2.75, 3.05) is 7.11 Å². The quantitative estimate of drug-likeness (QED) is 0.304. The molecule has 10 heteroatoms. The normalized spacial score (nSPS) is 21.1. The van der Waals surface area contributed by atoms with Gasteiger partial charge in [-0.15, -0.1) is 11.8 Å². The van der Waals surface area contributed by atoms with Crippen LogP contribution in [0.1, 0.15) is 38.3 Å². The van der Waals surface area contributed by atoms with Crippen molar-refractivity contribution >= 4 is 29.5 Å². The van der Waals surface area contributed by atoms with E-state index in [4.69, 9.17) is 14.2 Å². The molecule has 5 rings (SSSR count). The van der Waals surface area contributed by atoms with Gasteiger partial charge in [-0.1, -0.05) is 30.3 Å². The molecule has 9 nitrogen and oxygen atoms in total. The Morgan fingerprint density at radius 1 is 1.02 bits per heavy atom. The van der Waals surface area contributed by atoms with Crippen LogP contribution in [-0.4, -0.2) is 63.2 Å². The zero-order chi connectivity index (χ0) is 30.0. The number of methoxy groups -OCH3 is 1. The maximum atomic E-state index is 12.9. The number of hydrogen-bond donors (Lipinski definition) is 2. The minimum atomic E-state index is -1.04. The number of thioether (sulfide) groups is 1. The van der Waals surface area contributed by atoms with Crippen molar-refractivity contribution in [3.63, 3.8) is 0 Å². The van der Waals surface area contributed by atoms with Gasteiger partial charge in [0.25, 0.3) is 0 Å². The Bertz CT molecular complexity index is 1460. The molecule has 2 saturated heterocycles. The number of benzene rings is 3. The molecule has 3 aromatic carbocycles. The van der Waals surface area contributed by atoms with Crippen LogP contribution in [0.2, 0.25) is 0 Å². The Labute approximate surface area is 249 Å². The van der Waals surface area contributed by atoms with E-state index < -0.39 is 34.3 Å². The Morgan fingerprint density at radius 3 is 2.36 bits per heavy atom. The van der Waals surface area contributed by atoms with E-state index in [-0.39, 0.29) is 18.2 Å². The minimum Gasteiger partial charge on any atom is -0.497 e. The van der Waals surface area contributed by atoms with Gasteiger partial charge in [-0.2, -0.15) is 0 Å². The van der Waals surface area contributed by atoms with Gasteiger partial charge in [-0.25, -0.2) is 4.79 Å². The van der Waals surface area contributed by atoms with Crippen molar-refractivity contribution in [3.8, 4) is 23.0 Å². The molecule has 0 bridgehead atoms. The maximum absolute atomic E-state index is 12.9. The lowest BCUT2D eigenvalue weighted by Crippen LogP contribution is -2.70. The van der Waals surface area contributed by atoms with Gasteiger partial charge in [0.15, 0.2) is 0 Å². The van der Waals surface area contributed by atoms with Crippen molar-refractivity contribution in [2.24, 2.45) is 0 Å². The lowest BCUT2D eigenvalue weighted by Gasteiger charge is -2.43. The monoisotopic (exact) mass is 590 g/mol. The van der Waals surface area contributed by atoms with Gasteiger partial charge in [0.2, 0.25) is 11.8 Å². The summed E-state index contributed by atoms with van der Waals surface area (Å²) in [4.78, 5) is 38.8. The van der Waals surface area contributed by atoms with E-state index in [1.165, 1.54) is 16.7 Å². The number of carbonyl (C=O) groups is 3. The smallest absolute Gasteiger partial charge is 0.327 e. The third kappa shape index (κ3) is 6.18. The molecule has 42 heavy (non-hydrogen) atoms. The van der Waals surface area contributed by atoms with Gasteiger partial charge >= 0.3 is 5.97 Å². The minimum absolute atomic E-state index is 0.0296. The fourth-order valence-electron chi connectivity index (χ4n) is 5.37. The van der Waals surface area contributed by atoms with E-state index in [1.54, 1.807) is 27.9 Å². The van der Waals surface area contributed by atoms with Crippen LogP contribution in [0.5, 0.6) is 23.0 Å². The predicted octanol–water partition coefficient (Wildman–Crippen LogP) is 4.87. The highest BCUT2D eigenvalue weighted by Gasteiger charge is 2.64. The molecule has 2 aliphatic rings. The third-order valence-corrected chi connectivity index (χ3v) is 8.93. The number of fused-ring (bicyclic) bond motifs is 1. The average Bonchev–Trinajstić information content (AvgIpc) is 3.22. The molecule has 2 fully saturated rings. The average molecular weight is 591 g/mol. The molecule has 2 aliphatic heterocycles. The number of hydrogen-bond acceptors (Lipinski definition) is 7. The van der Waals surface area contributed by atoms with E-state index >= 15 is 0 Å². The maximum Gasteiger partial charge on any atom is 0.327 e. The molecule has 0 saturated carbocycles. The number of carbonyl (C=O) groups excluding carboxylic acids is 2. The van der Waals surface area contributed by atoms with Crippen LogP contribution in [0.3, 0.4) is 0 Å². The van der Waals surface area contributed by atoms with Crippen molar-refractivity contribution in [1.29, 1.82) is 0 Å². The highest BCUT2D eigenvalue weighted by molar-refractivity contribution is 8.01. The summed E-state index contributed by atoms with van der Waals surface area (Å²) in [5.74, 6) is 0.942. The van der Waals surface area contributed by atoms with E-state index in [2.05, 4.69) is 5.32 Å². The largest absolute Gasteiger partial charge is 0.497 e. The molecule has 0 spiro atoms.